The van der Waals surface area contributed by atoms with E-state index in [0.29, 0.717) is 28.1 Å². The molecule has 10 heteroatoms. The smallest absolute Gasteiger partial charge is 0.264 e. The van der Waals surface area contributed by atoms with Gasteiger partial charge in [0.05, 0.1) is 27.0 Å². The number of anilines is 1. The number of ether oxygens (including phenoxy) is 4. The van der Waals surface area contributed by atoms with E-state index in [4.69, 9.17) is 31.2 Å². The molecule has 0 aliphatic carbocycles. The van der Waals surface area contributed by atoms with Crippen LogP contribution in [0.4, 0.5) is 5.13 Å². The standard InChI is InChI=1S/C21H21N3O5S2/c1-26-14-5-7-15(8-6-14)29-11-19(25)23-20(30)24-21-22-16(12-31-21)13-4-9-17(27-2)18(10-13)28-3/h4-10,12H,11H2,1-3H3,(H2,22,23,24,25,30). The van der Waals surface area contributed by atoms with Crippen molar-refractivity contribution >= 4 is 39.7 Å². The van der Waals surface area contributed by atoms with Crippen LogP contribution in [-0.4, -0.2) is 43.9 Å². The maximum Gasteiger partial charge on any atom is 0.264 e. The number of methoxy groups -OCH3 is 3. The molecule has 3 aromatic rings. The second-order valence-corrected chi connectivity index (χ2v) is 7.34. The van der Waals surface area contributed by atoms with Crippen LogP contribution in [0, 0.1) is 0 Å². The van der Waals surface area contributed by atoms with Gasteiger partial charge in [-0.2, -0.15) is 0 Å². The van der Waals surface area contributed by atoms with Gasteiger partial charge in [-0.1, -0.05) is 0 Å². The Balaban J connectivity index is 1.52. The molecule has 0 aliphatic rings. The van der Waals surface area contributed by atoms with Crippen molar-refractivity contribution in [2.24, 2.45) is 0 Å². The number of amides is 1. The number of carbonyl (C=O) groups excluding carboxylic acids is 1. The fourth-order valence-corrected chi connectivity index (χ4v) is 3.57. The van der Waals surface area contributed by atoms with Crippen LogP contribution in [0.3, 0.4) is 0 Å². The average Bonchev–Trinajstić information content (AvgIpc) is 3.25. The second kappa shape index (κ2) is 10.6. The summed E-state index contributed by atoms with van der Waals surface area (Å²) in [5, 5.41) is 8.03. The SMILES string of the molecule is COc1ccc(OCC(=O)NC(=S)Nc2nc(-c3ccc(OC)c(OC)c3)cs2)cc1. The Morgan fingerprint density at radius 2 is 1.71 bits per heavy atom. The van der Waals surface area contributed by atoms with Crippen molar-refractivity contribution in [3.63, 3.8) is 0 Å². The Morgan fingerprint density at radius 1 is 1.00 bits per heavy atom. The summed E-state index contributed by atoms with van der Waals surface area (Å²) >= 11 is 6.55. The van der Waals surface area contributed by atoms with Crippen LogP contribution in [0.2, 0.25) is 0 Å². The Labute approximate surface area is 189 Å². The summed E-state index contributed by atoms with van der Waals surface area (Å²) in [6.45, 7) is -0.178. The minimum atomic E-state index is -0.384. The van der Waals surface area contributed by atoms with Crippen LogP contribution in [0.15, 0.2) is 47.8 Å². The Kier molecular flexibility index (Phi) is 7.63. The first kappa shape index (κ1) is 22.3. The monoisotopic (exact) mass is 459 g/mol. The van der Waals surface area contributed by atoms with Gasteiger partial charge in [0.25, 0.3) is 5.91 Å². The van der Waals surface area contributed by atoms with Crippen molar-refractivity contribution in [3.8, 4) is 34.3 Å². The molecule has 1 aromatic heterocycles. The summed E-state index contributed by atoms with van der Waals surface area (Å²) in [5.74, 6) is 2.13. The van der Waals surface area contributed by atoms with E-state index >= 15 is 0 Å². The number of hydrogen-bond acceptors (Lipinski definition) is 8. The van der Waals surface area contributed by atoms with Crippen molar-refractivity contribution in [1.82, 2.24) is 10.3 Å². The van der Waals surface area contributed by atoms with E-state index in [1.165, 1.54) is 11.3 Å². The van der Waals surface area contributed by atoms with Gasteiger partial charge in [-0.3, -0.25) is 10.1 Å². The van der Waals surface area contributed by atoms with Crippen LogP contribution >= 0.6 is 23.6 Å². The zero-order valence-electron chi connectivity index (χ0n) is 17.1. The van der Waals surface area contributed by atoms with Crippen LogP contribution < -0.4 is 29.6 Å². The third-order valence-corrected chi connectivity index (χ3v) is 5.05. The van der Waals surface area contributed by atoms with E-state index < -0.39 is 0 Å². The number of nitrogens with one attached hydrogen (secondary N) is 2. The molecule has 1 amide bonds. The van der Waals surface area contributed by atoms with Crippen LogP contribution in [0.1, 0.15) is 0 Å². The van der Waals surface area contributed by atoms with Gasteiger partial charge < -0.3 is 24.3 Å². The molecule has 0 radical (unpaired) electrons. The van der Waals surface area contributed by atoms with Gasteiger partial charge in [0.1, 0.15) is 11.5 Å². The van der Waals surface area contributed by atoms with Crippen LogP contribution in [0.25, 0.3) is 11.3 Å². The molecule has 0 aliphatic heterocycles. The van der Waals surface area contributed by atoms with Crippen molar-refractivity contribution < 1.29 is 23.7 Å². The zero-order valence-corrected chi connectivity index (χ0v) is 18.8. The predicted molar refractivity (Wildman–Crippen MR) is 124 cm³/mol. The highest BCUT2D eigenvalue weighted by Crippen LogP contribution is 2.33. The first-order chi connectivity index (χ1) is 15.0. The molecule has 0 spiro atoms. The van der Waals surface area contributed by atoms with E-state index in [2.05, 4.69) is 15.6 Å². The van der Waals surface area contributed by atoms with Gasteiger partial charge in [-0.25, -0.2) is 4.98 Å². The molecule has 162 valence electrons. The average molecular weight is 460 g/mol. The molecular weight excluding hydrogens is 438 g/mol. The van der Waals surface area contributed by atoms with E-state index in [-0.39, 0.29) is 17.6 Å². The molecule has 0 saturated heterocycles. The molecule has 0 unspecified atom stereocenters. The van der Waals surface area contributed by atoms with Gasteiger partial charge in [0.2, 0.25) is 0 Å². The number of aromatic nitrogens is 1. The van der Waals surface area contributed by atoms with Gasteiger partial charge in [-0.15, -0.1) is 11.3 Å². The fourth-order valence-electron chi connectivity index (χ4n) is 2.57. The Bertz CT molecular complexity index is 1050. The third kappa shape index (κ3) is 6.06. The molecule has 2 N–H and O–H groups in total. The minimum absolute atomic E-state index is 0.136. The minimum Gasteiger partial charge on any atom is -0.497 e. The summed E-state index contributed by atoms with van der Waals surface area (Å²) in [5.41, 5.74) is 1.61. The second-order valence-electron chi connectivity index (χ2n) is 6.07. The lowest BCUT2D eigenvalue weighted by Gasteiger charge is -2.09. The predicted octanol–water partition coefficient (Wildman–Crippen LogP) is 3.73. The highest BCUT2D eigenvalue weighted by molar-refractivity contribution is 7.80. The maximum absolute atomic E-state index is 12.1. The van der Waals surface area contributed by atoms with Crippen molar-refractivity contribution in [2.45, 2.75) is 0 Å². The number of thiocarbonyl (C=S) groups is 1. The zero-order chi connectivity index (χ0) is 22.2. The number of rotatable bonds is 8. The van der Waals surface area contributed by atoms with E-state index in [9.17, 15) is 4.79 Å². The number of hydrogen-bond donors (Lipinski definition) is 2. The molecule has 0 atom stereocenters. The van der Waals surface area contributed by atoms with Crippen LogP contribution in [-0.2, 0) is 4.79 Å². The number of nitrogens with zero attached hydrogens (tertiary/aromatic N) is 1. The number of thiazole rings is 1. The quantitative estimate of drug-likeness (QED) is 0.493. The highest BCUT2D eigenvalue weighted by Gasteiger charge is 2.11. The third-order valence-electron chi connectivity index (χ3n) is 4.09. The Hall–Kier alpha value is -3.37. The lowest BCUT2D eigenvalue weighted by Crippen LogP contribution is -2.37. The van der Waals surface area contributed by atoms with E-state index in [1.807, 2.05) is 23.6 Å². The molecule has 8 nitrogen and oxygen atoms in total. The summed E-state index contributed by atoms with van der Waals surface area (Å²) < 4.78 is 21.1. The normalized spacial score (nSPS) is 10.2. The van der Waals surface area contributed by atoms with Crippen molar-refractivity contribution in [2.75, 3.05) is 33.3 Å². The lowest BCUT2D eigenvalue weighted by atomic mass is 10.1. The topological polar surface area (TPSA) is 90.9 Å². The first-order valence-corrected chi connectivity index (χ1v) is 10.4. The largest absolute Gasteiger partial charge is 0.497 e. The molecule has 3 rings (SSSR count). The summed E-state index contributed by atoms with van der Waals surface area (Å²) in [7, 11) is 4.74. The molecule has 2 aromatic carbocycles. The highest BCUT2D eigenvalue weighted by atomic mass is 32.1. The Morgan fingerprint density at radius 3 is 2.39 bits per heavy atom. The number of benzene rings is 2. The molecule has 0 fully saturated rings. The van der Waals surface area contributed by atoms with Gasteiger partial charge in [0, 0.05) is 10.9 Å². The summed E-state index contributed by atoms with van der Waals surface area (Å²) in [6.07, 6.45) is 0. The van der Waals surface area contributed by atoms with Crippen molar-refractivity contribution in [1.29, 1.82) is 0 Å². The fraction of sp³-hybridized carbons (Fsp3) is 0.190. The number of carbonyl (C=O) groups is 1. The molecular formula is C21H21N3O5S2. The maximum atomic E-state index is 12.1. The van der Waals surface area contributed by atoms with Crippen molar-refractivity contribution in [3.05, 3.63) is 47.8 Å². The molecule has 0 saturated carbocycles. The lowest BCUT2D eigenvalue weighted by molar-refractivity contribution is -0.121. The molecule has 0 bridgehead atoms. The first-order valence-electron chi connectivity index (χ1n) is 9.08. The van der Waals surface area contributed by atoms with Gasteiger partial charge >= 0.3 is 0 Å². The van der Waals surface area contributed by atoms with E-state index in [1.54, 1.807) is 45.6 Å². The van der Waals surface area contributed by atoms with E-state index in [0.717, 1.165) is 11.3 Å². The van der Waals surface area contributed by atoms with Crippen LogP contribution in [0.5, 0.6) is 23.0 Å². The van der Waals surface area contributed by atoms with Gasteiger partial charge in [-0.05, 0) is 54.7 Å². The molecule has 1 heterocycles. The summed E-state index contributed by atoms with van der Waals surface area (Å²) in [4.78, 5) is 16.6. The van der Waals surface area contributed by atoms with Gasteiger partial charge in [0.15, 0.2) is 28.3 Å². The molecule has 31 heavy (non-hydrogen) atoms. The summed E-state index contributed by atoms with van der Waals surface area (Å²) in [6, 6.07) is 12.5.